The highest BCUT2D eigenvalue weighted by Crippen LogP contribution is 2.20. The van der Waals surface area contributed by atoms with Crippen molar-refractivity contribution in [3.05, 3.63) is 54.1 Å². The maximum absolute atomic E-state index is 5.86. The van der Waals surface area contributed by atoms with Crippen LogP contribution in [0.2, 0.25) is 0 Å². The Hall–Kier alpha value is -2.16. The number of nitrogens with zero attached hydrogens (tertiary/aromatic N) is 1. The van der Waals surface area contributed by atoms with E-state index in [2.05, 4.69) is 38.1 Å². The largest absolute Gasteiger partial charge is 0.399 e. The van der Waals surface area contributed by atoms with Gasteiger partial charge in [-0.1, -0.05) is 19.1 Å². The highest BCUT2D eigenvalue weighted by molar-refractivity contribution is 5.47. The fraction of sp³-hybridized carbons (Fsp3) is 0.250. The minimum Gasteiger partial charge on any atom is -0.399 e. The zero-order chi connectivity index (χ0) is 13.7. The molecular weight excluding hydrogens is 236 g/mol. The van der Waals surface area contributed by atoms with Crippen molar-refractivity contribution in [3.8, 4) is 5.75 Å². The van der Waals surface area contributed by atoms with Gasteiger partial charge in [0, 0.05) is 5.69 Å². The van der Waals surface area contributed by atoms with Crippen LogP contribution < -0.4 is 15.6 Å². The van der Waals surface area contributed by atoms with Gasteiger partial charge < -0.3 is 10.6 Å². The van der Waals surface area contributed by atoms with Gasteiger partial charge in [0.1, 0.15) is 0 Å². The molecule has 0 aromatic heterocycles. The van der Waals surface area contributed by atoms with Gasteiger partial charge in [0.2, 0.25) is 0 Å². The van der Waals surface area contributed by atoms with Gasteiger partial charge in [-0.3, -0.25) is 0 Å². The summed E-state index contributed by atoms with van der Waals surface area (Å²) < 4.78 is 0. The maximum atomic E-state index is 5.86. The van der Waals surface area contributed by atoms with Crippen LogP contribution >= 0.6 is 0 Å². The third kappa shape index (κ3) is 3.41. The molecule has 19 heavy (non-hydrogen) atoms. The molecule has 0 amide bonds. The normalized spacial score (nSPS) is 10.2. The zero-order valence-corrected chi connectivity index (χ0v) is 11.5. The standard InChI is InChI=1S/C16H20N2O/c1-3-13-5-9-15(10-6-13)18(4-2)19-16-11-7-14(17)8-12-16/h5-12H,3-4,17H2,1-2H3. The number of aryl methyl sites for hydroxylation is 1. The first-order chi connectivity index (χ1) is 9.22. The third-order valence-corrected chi connectivity index (χ3v) is 3.02. The maximum Gasteiger partial charge on any atom is 0.155 e. The van der Waals surface area contributed by atoms with E-state index in [4.69, 9.17) is 10.6 Å². The fourth-order valence-electron chi connectivity index (χ4n) is 1.85. The molecule has 0 aliphatic carbocycles. The lowest BCUT2D eigenvalue weighted by atomic mass is 10.1. The predicted molar refractivity (Wildman–Crippen MR) is 80.3 cm³/mol. The Balaban J connectivity index is 2.12. The van der Waals surface area contributed by atoms with Crippen LogP contribution in [0, 0.1) is 0 Å². The summed E-state index contributed by atoms with van der Waals surface area (Å²) in [6.07, 6.45) is 1.05. The van der Waals surface area contributed by atoms with E-state index in [9.17, 15) is 0 Å². The van der Waals surface area contributed by atoms with Gasteiger partial charge in [0.05, 0.1) is 12.2 Å². The van der Waals surface area contributed by atoms with Crippen LogP contribution in [-0.2, 0) is 6.42 Å². The lowest BCUT2D eigenvalue weighted by Gasteiger charge is -2.23. The van der Waals surface area contributed by atoms with E-state index >= 15 is 0 Å². The second-order valence-electron chi connectivity index (χ2n) is 4.38. The van der Waals surface area contributed by atoms with E-state index in [1.807, 2.05) is 29.3 Å². The van der Waals surface area contributed by atoms with Crippen molar-refractivity contribution in [2.45, 2.75) is 20.3 Å². The number of hydrogen-bond acceptors (Lipinski definition) is 3. The highest BCUT2D eigenvalue weighted by Gasteiger charge is 2.06. The smallest absolute Gasteiger partial charge is 0.155 e. The summed E-state index contributed by atoms with van der Waals surface area (Å²) in [6.45, 7) is 4.98. The van der Waals surface area contributed by atoms with Gasteiger partial charge in [0.25, 0.3) is 0 Å². The molecule has 0 unspecified atom stereocenters. The van der Waals surface area contributed by atoms with Crippen molar-refractivity contribution in [3.63, 3.8) is 0 Å². The molecule has 2 rings (SSSR count). The molecule has 2 N–H and O–H groups in total. The summed E-state index contributed by atoms with van der Waals surface area (Å²) in [6, 6.07) is 15.8. The molecule has 0 saturated heterocycles. The van der Waals surface area contributed by atoms with E-state index in [1.165, 1.54) is 5.56 Å². The van der Waals surface area contributed by atoms with Crippen molar-refractivity contribution < 1.29 is 4.84 Å². The average Bonchev–Trinajstić information content (AvgIpc) is 2.47. The molecule has 2 aromatic carbocycles. The summed E-state index contributed by atoms with van der Waals surface area (Å²) >= 11 is 0. The van der Waals surface area contributed by atoms with Gasteiger partial charge in [-0.25, -0.2) is 5.06 Å². The second kappa shape index (κ2) is 6.14. The van der Waals surface area contributed by atoms with Crippen molar-refractivity contribution >= 4 is 11.4 Å². The summed E-state index contributed by atoms with van der Waals surface area (Å²) in [4.78, 5) is 5.86. The Morgan fingerprint density at radius 3 is 2.11 bits per heavy atom. The Kier molecular flexibility index (Phi) is 4.29. The van der Waals surface area contributed by atoms with Crippen LogP contribution in [0.5, 0.6) is 5.75 Å². The molecule has 0 bridgehead atoms. The molecule has 100 valence electrons. The zero-order valence-electron chi connectivity index (χ0n) is 11.5. The second-order valence-corrected chi connectivity index (χ2v) is 4.38. The van der Waals surface area contributed by atoms with Gasteiger partial charge in [-0.2, -0.15) is 0 Å². The number of anilines is 2. The summed E-state index contributed by atoms with van der Waals surface area (Å²) in [7, 11) is 0. The number of hydrogen-bond donors (Lipinski definition) is 1. The highest BCUT2D eigenvalue weighted by atomic mass is 16.7. The molecule has 0 fully saturated rings. The number of nitrogen functional groups attached to an aromatic ring is 1. The quantitative estimate of drug-likeness (QED) is 0.655. The molecule has 2 aromatic rings. The van der Waals surface area contributed by atoms with Gasteiger partial charge in [-0.05, 0) is 55.3 Å². The molecule has 0 radical (unpaired) electrons. The lowest BCUT2D eigenvalue weighted by Crippen LogP contribution is -2.26. The van der Waals surface area contributed by atoms with E-state index in [0.717, 1.165) is 30.1 Å². The first kappa shape index (κ1) is 13.3. The van der Waals surface area contributed by atoms with Crippen molar-refractivity contribution in [1.82, 2.24) is 0 Å². The molecule has 3 heteroatoms. The van der Waals surface area contributed by atoms with Crippen molar-refractivity contribution in [2.75, 3.05) is 17.3 Å². The number of benzene rings is 2. The summed E-state index contributed by atoms with van der Waals surface area (Å²) in [5, 5.41) is 1.87. The summed E-state index contributed by atoms with van der Waals surface area (Å²) in [5.41, 5.74) is 8.78. The Morgan fingerprint density at radius 2 is 1.58 bits per heavy atom. The minimum absolute atomic E-state index is 0.739. The first-order valence-corrected chi connectivity index (χ1v) is 6.63. The van der Waals surface area contributed by atoms with Gasteiger partial charge >= 0.3 is 0 Å². The van der Waals surface area contributed by atoms with Gasteiger partial charge in [0.15, 0.2) is 5.75 Å². The van der Waals surface area contributed by atoms with Crippen LogP contribution in [0.3, 0.4) is 0 Å². The Labute approximate surface area is 114 Å². The van der Waals surface area contributed by atoms with Crippen LogP contribution in [-0.4, -0.2) is 6.54 Å². The SMILES string of the molecule is CCc1ccc(N(CC)Oc2ccc(N)cc2)cc1. The Morgan fingerprint density at radius 1 is 0.947 bits per heavy atom. The third-order valence-electron chi connectivity index (χ3n) is 3.02. The average molecular weight is 256 g/mol. The molecule has 0 saturated carbocycles. The van der Waals surface area contributed by atoms with Crippen LogP contribution in [0.15, 0.2) is 48.5 Å². The number of nitrogens with two attached hydrogens (primary N) is 1. The van der Waals surface area contributed by atoms with Crippen LogP contribution in [0.4, 0.5) is 11.4 Å². The van der Waals surface area contributed by atoms with E-state index < -0.39 is 0 Å². The van der Waals surface area contributed by atoms with E-state index in [1.54, 1.807) is 0 Å². The molecule has 0 atom stereocenters. The molecule has 0 heterocycles. The fourth-order valence-corrected chi connectivity index (χ4v) is 1.85. The molecule has 0 spiro atoms. The number of rotatable bonds is 5. The van der Waals surface area contributed by atoms with E-state index in [0.29, 0.717) is 0 Å². The molecule has 0 aliphatic rings. The monoisotopic (exact) mass is 256 g/mol. The Bertz CT molecular complexity index is 505. The van der Waals surface area contributed by atoms with Crippen LogP contribution in [0.25, 0.3) is 0 Å². The topological polar surface area (TPSA) is 38.5 Å². The summed E-state index contributed by atoms with van der Waals surface area (Å²) in [5.74, 6) is 0.788. The van der Waals surface area contributed by atoms with Crippen LogP contribution in [0.1, 0.15) is 19.4 Å². The predicted octanol–water partition coefficient (Wildman–Crippen LogP) is 3.65. The lowest BCUT2D eigenvalue weighted by molar-refractivity contribution is 0.284. The molecule has 0 aliphatic heterocycles. The van der Waals surface area contributed by atoms with Crippen molar-refractivity contribution in [2.24, 2.45) is 0 Å². The van der Waals surface area contributed by atoms with Crippen molar-refractivity contribution in [1.29, 1.82) is 0 Å². The minimum atomic E-state index is 0.739. The molecule has 3 nitrogen and oxygen atoms in total. The van der Waals surface area contributed by atoms with E-state index in [-0.39, 0.29) is 0 Å². The molecular formula is C16H20N2O. The van der Waals surface area contributed by atoms with Gasteiger partial charge in [-0.15, -0.1) is 0 Å². The first-order valence-electron chi connectivity index (χ1n) is 6.63. The number of hydroxylamine groups is 1.